The topological polar surface area (TPSA) is 58.2 Å². The van der Waals surface area contributed by atoms with Crippen LogP contribution in [0, 0.1) is 18.2 Å². The third-order valence-corrected chi connectivity index (χ3v) is 2.85. The molecule has 110 valence electrons. The Balaban J connectivity index is 1.85. The summed E-state index contributed by atoms with van der Waals surface area (Å²) in [5.74, 6) is 1.23. The number of nitrogens with one attached hydrogen (secondary N) is 2. The standard InChI is InChI=1S/C17H13FN2O2/c1-2-12-3-9-15(10-4-12)20-16(21)11-19-17(22)13-5-7-14(18)8-6-13/h1,3-10H,11H2,(H,19,22)(H,20,21). The second-order valence-electron chi connectivity index (χ2n) is 4.46. The van der Waals surface area contributed by atoms with E-state index in [2.05, 4.69) is 16.6 Å². The highest BCUT2D eigenvalue weighted by atomic mass is 19.1. The molecule has 0 spiro atoms. The largest absolute Gasteiger partial charge is 0.343 e. The molecule has 2 N–H and O–H groups in total. The Morgan fingerprint density at radius 2 is 1.68 bits per heavy atom. The van der Waals surface area contributed by atoms with Crippen LogP contribution in [0.5, 0.6) is 0 Å². The minimum absolute atomic E-state index is 0.187. The molecule has 0 heterocycles. The lowest BCUT2D eigenvalue weighted by Gasteiger charge is -2.07. The van der Waals surface area contributed by atoms with Gasteiger partial charge in [0, 0.05) is 16.8 Å². The summed E-state index contributed by atoms with van der Waals surface area (Å²) in [6.45, 7) is -0.187. The number of halogens is 1. The van der Waals surface area contributed by atoms with E-state index >= 15 is 0 Å². The summed E-state index contributed by atoms with van der Waals surface area (Å²) >= 11 is 0. The van der Waals surface area contributed by atoms with Crippen LogP contribution in [0.3, 0.4) is 0 Å². The number of hydrogen-bond acceptors (Lipinski definition) is 2. The summed E-state index contributed by atoms with van der Waals surface area (Å²) in [5, 5.41) is 5.08. The maximum atomic E-state index is 12.8. The summed E-state index contributed by atoms with van der Waals surface area (Å²) < 4.78 is 12.8. The van der Waals surface area contributed by atoms with E-state index < -0.39 is 11.7 Å². The lowest BCUT2D eigenvalue weighted by atomic mass is 10.2. The highest BCUT2D eigenvalue weighted by molar-refractivity contribution is 5.99. The smallest absolute Gasteiger partial charge is 0.251 e. The van der Waals surface area contributed by atoms with Gasteiger partial charge in [0.1, 0.15) is 5.82 Å². The Morgan fingerprint density at radius 1 is 1.05 bits per heavy atom. The first-order valence-electron chi connectivity index (χ1n) is 6.49. The number of terminal acetylenes is 1. The number of rotatable bonds is 4. The molecule has 0 unspecified atom stereocenters. The van der Waals surface area contributed by atoms with Crippen molar-refractivity contribution in [2.75, 3.05) is 11.9 Å². The summed E-state index contributed by atoms with van der Waals surface area (Å²) in [7, 11) is 0. The molecule has 2 rings (SSSR count). The van der Waals surface area contributed by atoms with E-state index in [0.29, 0.717) is 11.3 Å². The molecule has 2 aromatic carbocycles. The van der Waals surface area contributed by atoms with Crippen molar-refractivity contribution in [3.63, 3.8) is 0 Å². The second-order valence-corrected chi connectivity index (χ2v) is 4.46. The van der Waals surface area contributed by atoms with Crippen molar-refractivity contribution in [2.45, 2.75) is 0 Å². The fraction of sp³-hybridized carbons (Fsp3) is 0.0588. The number of amides is 2. The van der Waals surface area contributed by atoms with Gasteiger partial charge < -0.3 is 10.6 Å². The van der Waals surface area contributed by atoms with Crippen molar-refractivity contribution >= 4 is 17.5 Å². The van der Waals surface area contributed by atoms with Crippen molar-refractivity contribution in [3.8, 4) is 12.3 Å². The highest BCUT2D eigenvalue weighted by Crippen LogP contribution is 2.08. The molecule has 22 heavy (non-hydrogen) atoms. The van der Waals surface area contributed by atoms with Gasteiger partial charge >= 0.3 is 0 Å². The third kappa shape index (κ3) is 4.18. The van der Waals surface area contributed by atoms with Crippen LogP contribution < -0.4 is 10.6 Å². The molecule has 2 aromatic rings. The van der Waals surface area contributed by atoms with Crippen molar-refractivity contribution in [1.82, 2.24) is 5.32 Å². The van der Waals surface area contributed by atoms with Gasteiger partial charge in [-0.05, 0) is 48.5 Å². The normalized spacial score (nSPS) is 9.64. The SMILES string of the molecule is C#Cc1ccc(NC(=O)CNC(=O)c2ccc(F)cc2)cc1. The maximum Gasteiger partial charge on any atom is 0.251 e. The Bertz CT molecular complexity index is 716. The molecule has 0 saturated heterocycles. The van der Waals surface area contributed by atoms with Crippen molar-refractivity contribution in [2.24, 2.45) is 0 Å². The van der Waals surface area contributed by atoms with Crippen molar-refractivity contribution in [3.05, 3.63) is 65.5 Å². The average molecular weight is 296 g/mol. The Hall–Kier alpha value is -3.13. The molecule has 0 aliphatic carbocycles. The molecule has 0 aromatic heterocycles. The number of hydrogen-bond donors (Lipinski definition) is 2. The zero-order valence-corrected chi connectivity index (χ0v) is 11.6. The predicted octanol–water partition coefficient (Wildman–Crippen LogP) is 2.18. The average Bonchev–Trinajstić information content (AvgIpc) is 2.54. The van der Waals surface area contributed by atoms with E-state index in [-0.39, 0.29) is 18.0 Å². The molecular formula is C17H13FN2O2. The molecule has 4 nitrogen and oxygen atoms in total. The van der Waals surface area contributed by atoms with Crippen molar-refractivity contribution < 1.29 is 14.0 Å². The molecule has 5 heteroatoms. The Morgan fingerprint density at radius 3 is 2.27 bits per heavy atom. The predicted molar refractivity (Wildman–Crippen MR) is 81.7 cm³/mol. The quantitative estimate of drug-likeness (QED) is 0.850. The second kappa shape index (κ2) is 7.04. The number of carbonyl (C=O) groups is 2. The summed E-state index contributed by atoms with van der Waals surface area (Å²) in [4.78, 5) is 23.5. The number of carbonyl (C=O) groups excluding carboxylic acids is 2. The molecular weight excluding hydrogens is 283 g/mol. The minimum Gasteiger partial charge on any atom is -0.343 e. The maximum absolute atomic E-state index is 12.8. The van der Waals surface area contributed by atoms with E-state index in [0.717, 1.165) is 0 Å². The van der Waals surface area contributed by atoms with Gasteiger partial charge in [0.15, 0.2) is 0 Å². The van der Waals surface area contributed by atoms with E-state index in [1.807, 2.05) is 0 Å². The molecule has 0 fully saturated rings. The van der Waals surface area contributed by atoms with Crippen LogP contribution in [0.15, 0.2) is 48.5 Å². The van der Waals surface area contributed by atoms with Gasteiger partial charge in [0.2, 0.25) is 5.91 Å². The first-order chi connectivity index (χ1) is 10.6. The van der Waals surface area contributed by atoms with Crippen LogP contribution >= 0.6 is 0 Å². The van der Waals surface area contributed by atoms with E-state index in [1.165, 1.54) is 24.3 Å². The summed E-state index contributed by atoms with van der Waals surface area (Å²) in [6.07, 6.45) is 5.24. The highest BCUT2D eigenvalue weighted by Gasteiger charge is 2.08. The summed E-state index contributed by atoms with van der Waals surface area (Å²) in [5.41, 5.74) is 1.58. The van der Waals surface area contributed by atoms with E-state index in [4.69, 9.17) is 6.42 Å². The van der Waals surface area contributed by atoms with Gasteiger partial charge in [-0.15, -0.1) is 6.42 Å². The summed E-state index contributed by atoms with van der Waals surface area (Å²) in [6, 6.07) is 11.8. The van der Waals surface area contributed by atoms with Crippen LogP contribution in [0.2, 0.25) is 0 Å². The zero-order chi connectivity index (χ0) is 15.9. The monoisotopic (exact) mass is 296 g/mol. The van der Waals surface area contributed by atoms with Crippen LogP contribution in [0.4, 0.5) is 10.1 Å². The molecule has 0 atom stereocenters. The molecule has 0 aliphatic heterocycles. The third-order valence-electron chi connectivity index (χ3n) is 2.85. The van der Waals surface area contributed by atoms with Gasteiger partial charge in [-0.1, -0.05) is 5.92 Å². The van der Waals surface area contributed by atoms with Crippen LogP contribution in [-0.2, 0) is 4.79 Å². The lowest BCUT2D eigenvalue weighted by molar-refractivity contribution is -0.115. The first-order valence-corrected chi connectivity index (χ1v) is 6.49. The minimum atomic E-state index is -0.446. The van der Waals surface area contributed by atoms with Gasteiger partial charge in [-0.2, -0.15) is 0 Å². The molecule has 0 aliphatic rings. The van der Waals surface area contributed by atoms with Gasteiger partial charge in [-0.3, -0.25) is 9.59 Å². The Kier molecular flexibility index (Phi) is 4.89. The van der Waals surface area contributed by atoms with Gasteiger partial charge in [-0.25, -0.2) is 4.39 Å². The molecule has 2 amide bonds. The molecule has 0 radical (unpaired) electrons. The number of benzene rings is 2. The van der Waals surface area contributed by atoms with Crippen LogP contribution in [0.1, 0.15) is 15.9 Å². The van der Waals surface area contributed by atoms with Crippen molar-refractivity contribution in [1.29, 1.82) is 0 Å². The van der Waals surface area contributed by atoms with Gasteiger partial charge in [0.05, 0.1) is 6.54 Å². The first kappa shape index (κ1) is 15.3. The molecule has 0 saturated carbocycles. The van der Waals surface area contributed by atoms with Gasteiger partial charge in [0.25, 0.3) is 5.91 Å². The van der Waals surface area contributed by atoms with Crippen LogP contribution in [0.25, 0.3) is 0 Å². The lowest BCUT2D eigenvalue weighted by Crippen LogP contribution is -2.32. The Labute approximate surface area is 127 Å². The fourth-order valence-corrected chi connectivity index (χ4v) is 1.72. The van der Waals surface area contributed by atoms with E-state index in [9.17, 15) is 14.0 Å². The number of anilines is 1. The fourth-order valence-electron chi connectivity index (χ4n) is 1.72. The van der Waals surface area contributed by atoms with E-state index in [1.54, 1.807) is 24.3 Å². The van der Waals surface area contributed by atoms with Crippen LogP contribution in [-0.4, -0.2) is 18.4 Å². The zero-order valence-electron chi connectivity index (χ0n) is 11.6. The molecule has 0 bridgehead atoms.